The van der Waals surface area contributed by atoms with Crippen molar-refractivity contribution in [3.63, 3.8) is 0 Å². The normalized spacial score (nSPS) is 26.3. The van der Waals surface area contributed by atoms with Crippen LogP contribution >= 0.6 is 0 Å². The van der Waals surface area contributed by atoms with Crippen LogP contribution in [0.15, 0.2) is 36.4 Å². The summed E-state index contributed by atoms with van der Waals surface area (Å²) in [5.41, 5.74) is 4.44. The van der Waals surface area contributed by atoms with Gasteiger partial charge in [-0.15, -0.1) is 0 Å². The summed E-state index contributed by atoms with van der Waals surface area (Å²) in [7, 11) is 1.72. The standard InChI is InChI=1S/C21H22O3/c1-22-14-7-5-13(6-8-14)9-17-15-3-2-4-16(17)19-11-21-20(10-18(15)19)23-12-24-21/h5-8,10-11,15-17H,2-4,9,12H2,1H3. The Balaban J connectivity index is 1.47. The summed E-state index contributed by atoms with van der Waals surface area (Å²) in [6.45, 7) is 0.364. The lowest BCUT2D eigenvalue weighted by Crippen LogP contribution is -2.20. The number of hydrogen-bond acceptors (Lipinski definition) is 3. The molecule has 0 amide bonds. The van der Waals surface area contributed by atoms with Crippen molar-refractivity contribution in [1.29, 1.82) is 0 Å². The monoisotopic (exact) mass is 322 g/mol. The minimum absolute atomic E-state index is 0.364. The van der Waals surface area contributed by atoms with Crippen LogP contribution in [0.3, 0.4) is 0 Å². The molecule has 2 unspecified atom stereocenters. The molecule has 2 bridgehead atoms. The van der Waals surface area contributed by atoms with E-state index in [0.29, 0.717) is 24.5 Å². The quantitative estimate of drug-likeness (QED) is 0.823. The van der Waals surface area contributed by atoms with Gasteiger partial charge >= 0.3 is 0 Å². The van der Waals surface area contributed by atoms with Gasteiger partial charge in [0, 0.05) is 0 Å². The third-order valence-electron chi connectivity index (χ3n) is 6.07. The SMILES string of the molecule is COc1ccc(CC2C3CCCC2c2cc4c(cc23)OCO4)cc1. The summed E-state index contributed by atoms with van der Waals surface area (Å²) in [5.74, 6) is 4.82. The summed E-state index contributed by atoms with van der Waals surface area (Å²) in [4.78, 5) is 0. The maximum Gasteiger partial charge on any atom is 0.231 e. The van der Waals surface area contributed by atoms with Gasteiger partial charge in [0.1, 0.15) is 5.75 Å². The van der Waals surface area contributed by atoms with Crippen LogP contribution in [0.4, 0.5) is 0 Å². The number of rotatable bonds is 3. The van der Waals surface area contributed by atoms with Crippen molar-refractivity contribution in [2.75, 3.05) is 13.9 Å². The molecule has 1 heterocycles. The van der Waals surface area contributed by atoms with Crippen molar-refractivity contribution >= 4 is 0 Å². The second kappa shape index (κ2) is 5.44. The molecule has 0 saturated heterocycles. The third kappa shape index (κ3) is 2.10. The molecule has 3 aliphatic rings. The molecule has 1 fully saturated rings. The first-order valence-corrected chi connectivity index (χ1v) is 8.90. The van der Waals surface area contributed by atoms with Crippen LogP contribution in [-0.2, 0) is 6.42 Å². The van der Waals surface area contributed by atoms with Crippen molar-refractivity contribution in [2.24, 2.45) is 5.92 Å². The predicted octanol–water partition coefficient (Wildman–Crippen LogP) is 4.65. The molecule has 0 spiro atoms. The maximum absolute atomic E-state index is 5.62. The van der Waals surface area contributed by atoms with Crippen LogP contribution < -0.4 is 14.2 Å². The van der Waals surface area contributed by atoms with E-state index in [1.807, 2.05) is 0 Å². The van der Waals surface area contributed by atoms with E-state index in [-0.39, 0.29) is 0 Å². The summed E-state index contributed by atoms with van der Waals surface area (Å²) >= 11 is 0. The fourth-order valence-electron chi connectivity index (χ4n) is 4.97. The fourth-order valence-corrected chi connectivity index (χ4v) is 4.97. The zero-order chi connectivity index (χ0) is 16.1. The number of methoxy groups -OCH3 is 1. The fraction of sp³-hybridized carbons (Fsp3) is 0.429. The number of fused-ring (bicyclic) bond motifs is 6. The molecular formula is C21H22O3. The van der Waals surface area contributed by atoms with Crippen molar-refractivity contribution < 1.29 is 14.2 Å². The minimum Gasteiger partial charge on any atom is -0.497 e. The highest BCUT2D eigenvalue weighted by Crippen LogP contribution is 2.57. The Labute approximate surface area is 142 Å². The Bertz CT molecular complexity index is 726. The molecular weight excluding hydrogens is 300 g/mol. The Hall–Kier alpha value is -2.16. The van der Waals surface area contributed by atoms with Gasteiger partial charge in [0.15, 0.2) is 11.5 Å². The number of benzene rings is 2. The predicted molar refractivity (Wildman–Crippen MR) is 92.1 cm³/mol. The smallest absolute Gasteiger partial charge is 0.231 e. The van der Waals surface area contributed by atoms with Gasteiger partial charge in [0.2, 0.25) is 6.79 Å². The van der Waals surface area contributed by atoms with E-state index >= 15 is 0 Å². The maximum atomic E-state index is 5.62. The first kappa shape index (κ1) is 14.2. The molecule has 124 valence electrons. The molecule has 1 aliphatic heterocycles. The van der Waals surface area contributed by atoms with Crippen LogP contribution in [0.5, 0.6) is 17.2 Å². The number of ether oxygens (including phenoxy) is 3. The van der Waals surface area contributed by atoms with Crippen molar-refractivity contribution in [2.45, 2.75) is 37.5 Å². The van der Waals surface area contributed by atoms with Crippen LogP contribution in [0.1, 0.15) is 47.8 Å². The topological polar surface area (TPSA) is 27.7 Å². The molecule has 2 aliphatic carbocycles. The number of hydrogen-bond donors (Lipinski definition) is 0. The van der Waals surface area contributed by atoms with E-state index < -0.39 is 0 Å². The molecule has 3 heteroatoms. The molecule has 3 nitrogen and oxygen atoms in total. The average Bonchev–Trinajstić information content (AvgIpc) is 3.13. The summed E-state index contributed by atoms with van der Waals surface area (Å²) < 4.78 is 16.5. The molecule has 1 saturated carbocycles. The van der Waals surface area contributed by atoms with E-state index in [0.717, 1.165) is 23.7 Å². The largest absolute Gasteiger partial charge is 0.497 e. The molecule has 0 aromatic heterocycles. The van der Waals surface area contributed by atoms with Gasteiger partial charge < -0.3 is 14.2 Å². The van der Waals surface area contributed by atoms with E-state index in [4.69, 9.17) is 14.2 Å². The van der Waals surface area contributed by atoms with E-state index in [1.54, 1.807) is 7.11 Å². The van der Waals surface area contributed by atoms with Gasteiger partial charge in [-0.25, -0.2) is 0 Å². The summed E-state index contributed by atoms with van der Waals surface area (Å²) in [6.07, 6.45) is 5.06. The second-order valence-corrected chi connectivity index (χ2v) is 7.19. The Morgan fingerprint density at radius 2 is 1.58 bits per heavy atom. The van der Waals surface area contributed by atoms with Gasteiger partial charge in [-0.3, -0.25) is 0 Å². The van der Waals surface area contributed by atoms with Crippen LogP contribution in [0.25, 0.3) is 0 Å². The summed E-state index contributed by atoms with van der Waals surface area (Å²) in [6, 6.07) is 13.1. The lowest BCUT2D eigenvalue weighted by Gasteiger charge is -2.30. The van der Waals surface area contributed by atoms with Crippen LogP contribution in [0.2, 0.25) is 0 Å². The zero-order valence-corrected chi connectivity index (χ0v) is 14.0. The van der Waals surface area contributed by atoms with E-state index in [9.17, 15) is 0 Å². The van der Waals surface area contributed by atoms with Crippen molar-refractivity contribution in [3.8, 4) is 17.2 Å². The molecule has 2 aromatic rings. The highest BCUT2D eigenvalue weighted by atomic mass is 16.7. The van der Waals surface area contributed by atoms with Crippen molar-refractivity contribution in [1.82, 2.24) is 0 Å². The van der Waals surface area contributed by atoms with Gasteiger partial charge in [0.25, 0.3) is 0 Å². The summed E-state index contributed by atoms with van der Waals surface area (Å²) in [5, 5.41) is 0. The molecule has 24 heavy (non-hydrogen) atoms. The van der Waals surface area contributed by atoms with E-state index in [2.05, 4.69) is 36.4 Å². The molecule has 5 rings (SSSR count). The van der Waals surface area contributed by atoms with Crippen LogP contribution in [0, 0.1) is 5.92 Å². The van der Waals surface area contributed by atoms with E-state index in [1.165, 1.54) is 36.0 Å². The van der Waals surface area contributed by atoms with Gasteiger partial charge in [-0.05, 0) is 78.0 Å². The van der Waals surface area contributed by atoms with Gasteiger partial charge in [-0.2, -0.15) is 0 Å². The molecule has 0 N–H and O–H groups in total. The first-order valence-electron chi connectivity index (χ1n) is 8.90. The minimum atomic E-state index is 0.364. The van der Waals surface area contributed by atoms with Crippen LogP contribution in [-0.4, -0.2) is 13.9 Å². The molecule has 2 aromatic carbocycles. The lowest BCUT2D eigenvalue weighted by molar-refractivity contribution is 0.173. The Morgan fingerprint density at radius 1 is 0.958 bits per heavy atom. The first-order chi connectivity index (χ1) is 11.8. The Kier molecular flexibility index (Phi) is 3.22. The average molecular weight is 322 g/mol. The van der Waals surface area contributed by atoms with Gasteiger partial charge in [-0.1, -0.05) is 18.6 Å². The van der Waals surface area contributed by atoms with Gasteiger partial charge in [0.05, 0.1) is 7.11 Å². The highest BCUT2D eigenvalue weighted by Gasteiger charge is 2.44. The molecule has 2 atom stereocenters. The lowest BCUT2D eigenvalue weighted by atomic mass is 9.74. The highest BCUT2D eigenvalue weighted by molar-refractivity contribution is 5.54. The van der Waals surface area contributed by atoms with Crippen molar-refractivity contribution in [3.05, 3.63) is 53.1 Å². The molecule has 0 radical (unpaired) electrons. The zero-order valence-electron chi connectivity index (χ0n) is 14.0. The third-order valence-corrected chi connectivity index (χ3v) is 6.07. The Morgan fingerprint density at radius 3 is 2.17 bits per heavy atom. The second-order valence-electron chi connectivity index (χ2n) is 7.19.